The van der Waals surface area contributed by atoms with Crippen LogP contribution in [-0.2, 0) is 17.2 Å². The lowest BCUT2D eigenvalue weighted by Crippen LogP contribution is -2.61. The number of benzene rings is 1. The number of nitrogens with one attached hydrogen (secondary N) is 1. The molecule has 2 unspecified atom stereocenters. The molecule has 33 heavy (non-hydrogen) atoms. The van der Waals surface area contributed by atoms with Crippen LogP contribution < -0.4 is 10.2 Å². The van der Waals surface area contributed by atoms with Crippen molar-refractivity contribution < 1.29 is 18.1 Å². The van der Waals surface area contributed by atoms with Gasteiger partial charge in [0, 0.05) is 17.1 Å². The number of alkyl halides is 2. The lowest BCUT2D eigenvalue weighted by molar-refractivity contribution is 0.104. The van der Waals surface area contributed by atoms with E-state index in [0.717, 1.165) is 38.5 Å². The van der Waals surface area contributed by atoms with E-state index in [1.807, 2.05) is 12.1 Å². The van der Waals surface area contributed by atoms with Gasteiger partial charge in [0.2, 0.25) is 5.95 Å². The second kappa shape index (κ2) is 7.58. The van der Waals surface area contributed by atoms with E-state index in [1.165, 1.54) is 5.56 Å². The van der Waals surface area contributed by atoms with Crippen molar-refractivity contribution in [2.24, 2.45) is 0 Å². The fraction of sp³-hybridized carbons (Fsp3) is 0.565. The Hall–Kier alpha value is -1.84. The molecular weight excluding hydrogens is 470 g/mol. The third-order valence-corrected chi connectivity index (χ3v) is 9.51. The molecule has 1 aromatic carbocycles. The number of halogens is 3. The van der Waals surface area contributed by atoms with Gasteiger partial charge in [-0.05, 0) is 62.1 Å². The van der Waals surface area contributed by atoms with E-state index >= 15 is 0 Å². The summed E-state index contributed by atoms with van der Waals surface area (Å²) in [6.07, 6.45) is 4.62. The highest BCUT2D eigenvalue weighted by Crippen LogP contribution is 2.49. The first-order chi connectivity index (χ1) is 15.8. The second-order valence-electron chi connectivity index (χ2n) is 9.82. The van der Waals surface area contributed by atoms with Gasteiger partial charge in [-0.2, -0.15) is 13.8 Å². The quantitative estimate of drug-likeness (QED) is 0.647. The minimum atomic E-state index is -3.36. The summed E-state index contributed by atoms with van der Waals surface area (Å²) in [5.41, 5.74) is 0.819. The molecule has 7 rings (SSSR count). The van der Waals surface area contributed by atoms with E-state index in [4.69, 9.17) is 11.6 Å². The number of fused-ring (bicyclic) bond motifs is 3. The summed E-state index contributed by atoms with van der Waals surface area (Å²) in [7, 11) is -2.51. The van der Waals surface area contributed by atoms with Gasteiger partial charge in [-0.3, -0.25) is 0 Å². The summed E-state index contributed by atoms with van der Waals surface area (Å²) in [5.74, 6) is 1.03. The first-order valence-electron chi connectivity index (χ1n) is 11.4. The van der Waals surface area contributed by atoms with E-state index in [2.05, 4.69) is 32.3 Å². The second-order valence-corrected chi connectivity index (χ2v) is 11.8. The van der Waals surface area contributed by atoms with Crippen LogP contribution in [0.5, 0.6) is 0 Å². The molecule has 0 amide bonds. The molecule has 0 spiro atoms. The van der Waals surface area contributed by atoms with Gasteiger partial charge in [-0.15, -0.1) is 0 Å². The average Bonchev–Trinajstić information content (AvgIpc) is 2.99. The smallest absolute Gasteiger partial charge is 0.331 e. The van der Waals surface area contributed by atoms with Crippen LogP contribution in [0, 0.1) is 0 Å². The molecule has 2 bridgehead atoms. The molecule has 5 aliphatic rings. The number of hydrogen-bond donors (Lipinski definition) is 2. The molecule has 4 fully saturated rings. The van der Waals surface area contributed by atoms with Crippen LogP contribution in [0.2, 0.25) is 5.02 Å². The summed E-state index contributed by atoms with van der Waals surface area (Å²) in [6.45, 7) is -0.123. The number of aromatic nitrogens is 2. The largest absolute Gasteiger partial charge is 0.394 e. The van der Waals surface area contributed by atoms with Gasteiger partial charge < -0.3 is 15.3 Å². The van der Waals surface area contributed by atoms with Crippen LogP contribution >= 0.6 is 11.6 Å². The monoisotopic (exact) mass is 494 g/mol. The van der Waals surface area contributed by atoms with Gasteiger partial charge in [0.05, 0.1) is 24.3 Å². The molecule has 2 aliphatic carbocycles. The van der Waals surface area contributed by atoms with Crippen molar-refractivity contribution in [1.29, 1.82) is 0 Å². The number of hydrogen-bond acceptors (Lipinski definition) is 6. The van der Waals surface area contributed by atoms with Crippen LogP contribution in [0.15, 0.2) is 29.2 Å². The first kappa shape index (κ1) is 21.7. The van der Waals surface area contributed by atoms with Crippen molar-refractivity contribution in [3.63, 3.8) is 0 Å². The van der Waals surface area contributed by atoms with Crippen molar-refractivity contribution in [2.45, 2.75) is 78.6 Å². The van der Waals surface area contributed by atoms with Crippen LogP contribution in [0.4, 0.5) is 20.5 Å². The maximum Gasteiger partial charge on any atom is 0.331 e. The van der Waals surface area contributed by atoms with Crippen LogP contribution in [0.25, 0.3) is 0 Å². The molecule has 2 aromatic rings. The number of aliphatic hydroxyl groups excluding tert-OH is 1. The molecule has 3 aliphatic heterocycles. The summed E-state index contributed by atoms with van der Waals surface area (Å²) < 4.78 is 41.3. The summed E-state index contributed by atoms with van der Waals surface area (Å²) in [4.78, 5) is 11.3. The summed E-state index contributed by atoms with van der Waals surface area (Å²) in [5, 5.41) is 10.4. The minimum Gasteiger partial charge on any atom is -0.394 e. The molecule has 1 aromatic heterocycles. The normalized spacial score (nSPS) is 30.8. The highest BCUT2D eigenvalue weighted by molar-refractivity contribution is 7.86. The van der Waals surface area contributed by atoms with Crippen LogP contribution in [-0.4, -0.2) is 48.8 Å². The third kappa shape index (κ3) is 3.46. The first-order valence-corrected chi connectivity index (χ1v) is 12.9. The van der Waals surface area contributed by atoms with E-state index in [9.17, 15) is 18.1 Å². The third-order valence-electron chi connectivity index (χ3n) is 7.77. The zero-order valence-electron chi connectivity index (χ0n) is 17.9. The number of nitrogens with zero attached hydrogens (tertiary/aromatic N) is 3. The molecule has 10 heteroatoms. The maximum atomic E-state index is 14.4. The van der Waals surface area contributed by atoms with Gasteiger partial charge in [0.1, 0.15) is 21.5 Å². The molecule has 2 saturated carbocycles. The number of rotatable bonds is 5. The number of anilines is 2. The van der Waals surface area contributed by atoms with Crippen molar-refractivity contribution >= 4 is 34.2 Å². The standard InChI is InChI=1S/C23H25ClF2N4O2S/c24-15-4-2-13(3-5-15)14-8-16-10-17(9-14)30(16)21-27-18-11-23(25,26)33(32)19(18)20(28-21)29-22(12-31)6-1-7-22/h2-5,14,16-17,31H,1,6-12H2,(H,27,28,29)/t14?,16?,17?,33-/m0/s1. The highest BCUT2D eigenvalue weighted by atomic mass is 35.5. The molecule has 0 radical (unpaired) electrons. The predicted octanol–water partition coefficient (Wildman–Crippen LogP) is 4.24. The Bertz CT molecular complexity index is 1110. The van der Waals surface area contributed by atoms with Crippen molar-refractivity contribution in [3.8, 4) is 0 Å². The molecule has 6 nitrogen and oxygen atoms in total. The minimum absolute atomic E-state index is 0.00630. The number of piperidine rings is 1. The molecule has 2 N–H and O–H groups in total. The Morgan fingerprint density at radius 3 is 2.45 bits per heavy atom. The van der Waals surface area contributed by atoms with E-state index in [0.29, 0.717) is 16.9 Å². The van der Waals surface area contributed by atoms with Gasteiger partial charge in [-0.25, -0.2) is 9.19 Å². The Morgan fingerprint density at radius 1 is 1.15 bits per heavy atom. The van der Waals surface area contributed by atoms with Crippen molar-refractivity contribution in [2.75, 3.05) is 16.8 Å². The molecule has 176 valence electrons. The van der Waals surface area contributed by atoms with Crippen LogP contribution in [0.3, 0.4) is 0 Å². The molecule has 4 heterocycles. The topological polar surface area (TPSA) is 78.4 Å². The highest BCUT2D eigenvalue weighted by Gasteiger charge is 2.52. The van der Waals surface area contributed by atoms with Gasteiger partial charge >= 0.3 is 5.25 Å². The Morgan fingerprint density at radius 2 is 1.85 bits per heavy atom. The van der Waals surface area contributed by atoms with Crippen molar-refractivity contribution in [3.05, 3.63) is 40.5 Å². The summed E-state index contributed by atoms with van der Waals surface area (Å²) >= 11 is 6.03. The molecule has 3 atom stereocenters. The van der Waals surface area contributed by atoms with E-state index in [-0.39, 0.29) is 35.1 Å². The molecular formula is C23H25ClF2N4O2S. The molecule has 2 saturated heterocycles. The fourth-order valence-corrected chi connectivity index (χ4v) is 7.09. The average molecular weight is 495 g/mol. The maximum absolute atomic E-state index is 14.4. The zero-order chi connectivity index (χ0) is 23.0. The van der Waals surface area contributed by atoms with E-state index < -0.39 is 28.0 Å². The Balaban J connectivity index is 1.31. The van der Waals surface area contributed by atoms with Gasteiger partial charge in [-0.1, -0.05) is 23.7 Å². The predicted molar refractivity (Wildman–Crippen MR) is 122 cm³/mol. The Labute approximate surface area is 198 Å². The van der Waals surface area contributed by atoms with Gasteiger partial charge in [0.25, 0.3) is 0 Å². The Kier molecular flexibility index (Phi) is 4.98. The van der Waals surface area contributed by atoms with Crippen LogP contribution in [0.1, 0.15) is 55.7 Å². The van der Waals surface area contributed by atoms with E-state index in [1.54, 1.807) is 0 Å². The van der Waals surface area contributed by atoms with Gasteiger partial charge in [0.15, 0.2) is 0 Å². The number of aliphatic hydroxyl groups is 1. The lowest BCUT2D eigenvalue weighted by atomic mass is 9.71. The lowest BCUT2D eigenvalue weighted by Gasteiger charge is -2.55. The zero-order valence-corrected chi connectivity index (χ0v) is 19.5. The summed E-state index contributed by atoms with van der Waals surface area (Å²) in [6, 6.07) is 8.43. The fourth-order valence-electron chi connectivity index (χ4n) is 5.79. The van der Waals surface area contributed by atoms with Crippen molar-refractivity contribution in [1.82, 2.24) is 9.97 Å². The SMILES string of the molecule is O=[S@]1c2c(nc(N3C4CC(c5ccc(Cl)cc5)CC3C4)nc2NC2(CO)CCC2)CC1(F)F.